The Bertz CT molecular complexity index is 421. The second kappa shape index (κ2) is 6.44. The van der Waals surface area contributed by atoms with Crippen LogP contribution in [0.15, 0.2) is 0 Å². The number of aromatic nitrogens is 1. The summed E-state index contributed by atoms with van der Waals surface area (Å²) in [7, 11) is 0. The third-order valence-corrected chi connectivity index (χ3v) is 5.43. The van der Waals surface area contributed by atoms with Crippen LogP contribution < -0.4 is 10.2 Å². The summed E-state index contributed by atoms with van der Waals surface area (Å²) in [6.07, 6.45) is 6.90. The van der Waals surface area contributed by atoms with E-state index in [0.29, 0.717) is 0 Å². The molecular formula is C16H27N3S. The number of nitrogens with one attached hydrogen (secondary N) is 1. The van der Waals surface area contributed by atoms with E-state index in [2.05, 4.69) is 24.1 Å². The molecule has 0 radical (unpaired) electrons. The summed E-state index contributed by atoms with van der Waals surface area (Å²) in [6, 6.07) is 0. The van der Waals surface area contributed by atoms with E-state index < -0.39 is 0 Å². The molecular weight excluding hydrogens is 266 g/mol. The van der Waals surface area contributed by atoms with Gasteiger partial charge in [0.05, 0.1) is 5.69 Å². The molecule has 0 aromatic carbocycles. The maximum absolute atomic E-state index is 4.86. The zero-order chi connectivity index (χ0) is 13.9. The monoisotopic (exact) mass is 293 g/mol. The molecule has 2 fully saturated rings. The molecule has 1 aromatic heterocycles. The minimum Gasteiger partial charge on any atom is -0.348 e. The minimum absolute atomic E-state index is 0.944. The Labute approximate surface area is 126 Å². The van der Waals surface area contributed by atoms with Crippen molar-refractivity contribution in [3.8, 4) is 0 Å². The van der Waals surface area contributed by atoms with Gasteiger partial charge < -0.3 is 10.2 Å². The van der Waals surface area contributed by atoms with Crippen LogP contribution >= 0.6 is 11.3 Å². The summed E-state index contributed by atoms with van der Waals surface area (Å²) in [5, 5.41) is 4.78. The molecule has 0 atom stereocenters. The van der Waals surface area contributed by atoms with Crippen LogP contribution in [0.3, 0.4) is 0 Å². The van der Waals surface area contributed by atoms with Crippen LogP contribution in [0, 0.1) is 18.8 Å². The first kappa shape index (κ1) is 14.3. The fraction of sp³-hybridized carbons (Fsp3) is 0.812. The first-order valence-corrected chi connectivity index (χ1v) is 9.00. The highest BCUT2D eigenvalue weighted by Gasteiger charge is 2.30. The topological polar surface area (TPSA) is 28.2 Å². The van der Waals surface area contributed by atoms with Gasteiger partial charge >= 0.3 is 0 Å². The standard InChI is InChI=1S/C16H27N3S/c1-3-8-17-9-15-12(2)18-16(20-15)19(10-13-4-5-13)11-14-6-7-14/h13-14,17H,3-11H2,1-2H3. The Kier molecular flexibility index (Phi) is 4.61. The van der Waals surface area contributed by atoms with Gasteiger partial charge in [-0.1, -0.05) is 6.92 Å². The lowest BCUT2D eigenvalue weighted by atomic mass is 10.3. The predicted octanol–water partition coefficient (Wildman–Crippen LogP) is 3.58. The highest BCUT2D eigenvalue weighted by Crippen LogP contribution is 2.37. The summed E-state index contributed by atoms with van der Waals surface area (Å²) in [6.45, 7) is 8.94. The number of hydrogen-bond acceptors (Lipinski definition) is 4. The van der Waals surface area contributed by atoms with Crippen LogP contribution in [0.25, 0.3) is 0 Å². The Hall–Kier alpha value is -0.610. The third kappa shape index (κ3) is 3.95. The maximum atomic E-state index is 4.86. The van der Waals surface area contributed by atoms with E-state index in [9.17, 15) is 0 Å². The predicted molar refractivity (Wildman–Crippen MR) is 86.5 cm³/mol. The highest BCUT2D eigenvalue weighted by atomic mass is 32.1. The molecule has 3 nitrogen and oxygen atoms in total. The van der Waals surface area contributed by atoms with Gasteiger partial charge in [0.25, 0.3) is 0 Å². The number of thiazole rings is 1. The van der Waals surface area contributed by atoms with Crippen LogP contribution in [0.2, 0.25) is 0 Å². The van der Waals surface area contributed by atoms with Gasteiger partial charge in [-0.05, 0) is 57.4 Å². The molecule has 112 valence electrons. The van der Waals surface area contributed by atoms with Gasteiger partial charge in [0.1, 0.15) is 0 Å². The molecule has 1 N–H and O–H groups in total. The van der Waals surface area contributed by atoms with Crippen LogP contribution in [0.5, 0.6) is 0 Å². The Balaban J connectivity index is 1.63. The van der Waals surface area contributed by atoms with Crippen molar-refractivity contribution in [3.05, 3.63) is 10.6 Å². The van der Waals surface area contributed by atoms with Crippen LogP contribution in [0.4, 0.5) is 5.13 Å². The van der Waals surface area contributed by atoms with Crippen LogP contribution in [-0.2, 0) is 6.54 Å². The van der Waals surface area contributed by atoms with Crippen molar-refractivity contribution in [1.82, 2.24) is 10.3 Å². The smallest absolute Gasteiger partial charge is 0.185 e. The Morgan fingerprint density at radius 1 is 1.20 bits per heavy atom. The van der Waals surface area contributed by atoms with E-state index >= 15 is 0 Å². The molecule has 3 rings (SSSR count). The molecule has 20 heavy (non-hydrogen) atoms. The number of rotatable bonds is 9. The second-order valence-corrected chi connectivity index (χ2v) is 7.54. The van der Waals surface area contributed by atoms with E-state index in [1.165, 1.54) is 60.9 Å². The van der Waals surface area contributed by atoms with Crippen LogP contribution in [0.1, 0.15) is 49.6 Å². The Morgan fingerprint density at radius 2 is 1.85 bits per heavy atom. The van der Waals surface area contributed by atoms with E-state index in [0.717, 1.165) is 24.9 Å². The zero-order valence-corrected chi connectivity index (χ0v) is 13.6. The first-order valence-electron chi connectivity index (χ1n) is 8.18. The van der Waals surface area contributed by atoms with Crippen molar-refractivity contribution in [1.29, 1.82) is 0 Å². The summed E-state index contributed by atoms with van der Waals surface area (Å²) in [5.74, 6) is 1.89. The summed E-state index contributed by atoms with van der Waals surface area (Å²) < 4.78 is 0. The molecule has 0 unspecified atom stereocenters. The van der Waals surface area contributed by atoms with Gasteiger partial charge in [0.15, 0.2) is 5.13 Å². The van der Waals surface area contributed by atoms with Gasteiger partial charge in [-0.2, -0.15) is 0 Å². The van der Waals surface area contributed by atoms with Gasteiger partial charge in [-0.15, -0.1) is 11.3 Å². The summed E-state index contributed by atoms with van der Waals surface area (Å²) in [5.41, 5.74) is 1.23. The molecule has 1 heterocycles. The van der Waals surface area contributed by atoms with Crippen molar-refractivity contribution >= 4 is 16.5 Å². The van der Waals surface area contributed by atoms with Gasteiger partial charge in [-0.3, -0.25) is 0 Å². The molecule has 2 aliphatic carbocycles. The molecule has 0 aliphatic heterocycles. The first-order chi connectivity index (χ1) is 9.76. The quantitative estimate of drug-likeness (QED) is 0.705. The molecule has 0 spiro atoms. The van der Waals surface area contributed by atoms with Crippen molar-refractivity contribution in [2.24, 2.45) is 11.8 Å². The van der Waals surface area contributed by atoms with E-state index in [1.807, 2.05) is 11.3 Å². The lowest BCUT2D eigenvalue weighted by Crippen LogP contribution is -2.27. The number of aryl methyl sites for hydroxylation is 1. The van der Waals surface area contributed by atoms with E-state index in [4.69, 9.17) is 4.98 Å². The third-order valence-electron chi connectivity index (χ3n) is 4.22. The number of hydrogen-bond donors (Lipinski definition) is 1. The molecule has 0 saturated heterocycles. The lowest BCUT2D eigenvalue weighted by molar-refractivity contribution is 0.675. The zero-order valence-electron chi connectivity index (χ0n) is 12.8. The van der Waals surface area contributed by atoms with Crippen molar-refractivity contribution in [3.63, 3.8) is 0 Å². The Morgan fingerprint density at radius 3 is 2.40 bits per heavy atom. The van der Waals surface area contributed by atoms with Crippen molar-refractivity contribution < 1.29 is 0 Å². The summed E-state index contributed by atoms with van der Waals surface area (Å²) in [4.78, 5) is 8.86. The number of anilines is 1. The van der Waals surface area contributed by atoms with Crippen molar-refractivity contribution in [2.45, 2.75) is 52.5 Å². The van der Waals surface area contributed by atoms with Gasteiger partial charge in [0.2, 0.25) is 0 Å². The molecule has 1 aromatic rings. The second-order valence-electron chi connectivity index (χ2n) is 6.47. The largest absolute Gasteiger partial charge is 0.348 e. The minimum atomic E-state index is 0.944. The van der Waals surface area contributed by atoms with Gasteiger partial charge in [-0.25, -0.2) is 4.98 Å². The number of nitrogens with zero attached hydrogens (tertiary/aromatic N) is 2. The fourth-order valence-corrected chi connectivity index (χ4v) is 3.59. The lowest BCUT2D eigenvalue weighted by Gasteiger charge is -2.21. The normalized spacial score (nSPS) is 18.5. The fourth-order valence-electron chi connectivity index (χ4n) is 2.55. The molecule has 0 amide bonds. The van der Waals surface area contributed by atoms with Crippen molar-refractivity contribution in [2.75, 3.05) is 24.5 Å². The maximum Gasteiger partial charge on any atom is 0.185 e. The average Bonchev–Trinajstić information content (AvgIpc) is 3.33. The summed E-state index contributed by atoms with van der Waals surface area (Å²) >= 11 is 1.91. The van der Waals surface area contributed by atoms with Gasteiger partial charge in [0, 0.05) is 24.5 Å². The van der Waals surface area contributed by atoms with Crippen LogP contribution in [-0.4, -0.2) is 24.6 Å². The molecule has 2 saturated carbocycles. The molecule has 0 bridgehead atoms. The average molecular weight is 293 g/mol. The van der Waals surface area contributed by atoms with E-state index in [1.54, 1.807) is 0 Å². The SMILES string of the molecule is CCCNCc1sc(N(CC2CC2)CC2CC2)nc1C. The molecule has 2 aliphatic rings. The highest BCUT2D eigenvalue weighted by molar-refractivity contribution is 7.15. The van der Waals surface area contributed by atoms with E-state index in [-0.39, 0.29) is 0 Å². The molecule has 4 heteroatoms.